The van der Waals surface area contributed by atoms with Crippen molar-refractivity contribution in [2.75, 3.05) is 12.3 Å². The number of rotatable bonds is 4. The molecule has 0 fully saturated rings. The quantitative estimate of drug-likeness (QED) is 0.849. The average molecular weight is 253 g/mol. The van der Waals surface area contributed by atoms with Crippen LogP contribution in [0.1, 0.15) is 6.92 Å². The van der Waals surface area contributed by atoms with Gasteiger partial charge in [0.2, 0.25) is 0 Å². The molecule has 2 N–H and O–H groups in total. The highest BCUT2D eigenvalue weighted by molar-refractivity contribution is 8.01. The predicted molar refractivity (Wildman–Crippen MR) is 66.1 cm³/mol. The fourth-order valence-corrected chi connectivity index (χ4v) is 2.65. The van der Waals surface area contributed by atoms with E-state index in [1.165, 1.54) is 11.3 Å². The van der Waals surface area contributed by atoms with Crippen LogP contribution in [0.5, 0.6) is 5.75 Å². The maximum atomic E-state index is 5.79. The molecule has 2 rings (SSSR count). The van der Waals surface area contributed by atoms with Gasteiger partial charge < -0.3 is 10.5 Å². The van der Waals surface area contributed by atoms with E-state index in [1.807, 2.05) is 25.1 Å². The molecule has 2 aromatic rings. The van der Waals surface area contributed by atoms with Gasteiger partial charge in [-0.2, -0.15) is 0 Å². The lowest BCUT2D eigenvalue weighted by atomic mass is 10.3. The van der Waals surface area contributed by atoms with Gasteiger partial charge in [-0.3, -0.25) is 0 Å². The number of ether oxygens (including phenoxy) is 1. The molecular formula is C10H11N3OS2. The van der Waals surface area contributed by atoms with E-state index in [0.29, 0.717) is 12.3 Å². The maximum absolute atomic E-state index is 5.79. The first-order chi connectivity index (χ1) is 7.79. The lowest BCUT2D eigenvalue weighted by Crippen LogP contribution is -1.96. The van der Waals surface area contributed by atoms with Crippen LogP contribution in [0.25, 0.3) is 0 Å². The molecule has 0 unspecified atom stereocenters. The van der Waals surface area contributed by atoms with E-state index in [1.54, 1.807) is 17.3 Å². The number of benzene rings is 1. The molecule has 0 bridgehead atoms. The highest BCUT2D eigenvalue weighted by atomic mass is 32.2. The Morgan fingerprint density at radius 2 is 2.38 bits per heavy atom. The van der Waals surface area contributed by atoms with E-state index in [9.17, 15) is 0 Å². The summed E-state index contributed by atoms with van der Waals surface area (Å²) in [4.78, 5) is 1.05. The van der Waals surface area contributed by atoms with E-state index >= 15 is 0 Å². The number of aromatic nitrogens is 2. The standard InChI is InChI=1S/C10H11N3OS2/c1-2-14-9-5-7(3-4-8(9)11)16-10-13-12-6-15-10/h3-6H,2,11H2,1H3. The molecule has 0 spiro atoms. The van der Waals surface area contributed by atoms with Gasteiger partial charge in [0.15, 0.2) is 4.34 Å². The number of hydrogen-bond donors (Lipinski definition) is 1. The summed E-state index contributed by atoms with van der Waals surface area (Å²) in [5, 5.41) is 7.76. The van der Waals surface area contributed by atoms with Gasteiger partial charge in [0.25, 0.3) is 0 Å². The summed E-state index contributed by atoms with van der Waals surface area (Å²) in [6.45, 7) is 2.54. The summed E-state index contributed by atoms with van der Waals surface area (Å²) < 4.78 is 6.33. The molecule has 0 radical (unpaired) electrons. The van der Waals surface area contributed by atoms with Gasteiger partial charge in [0, 0.05) is 4.90 Å². The monoisotopic (exact) mass is 253 g/mol. The van der Waals surface area contributed by atoms with Gasteiger partial charge >= 0.3 is 0 Å². The van der Waals surface area contributed by atoms with Gasteiger partial charge in [0.1, 0.15) is 11.3 Å². The minimum absolute atomic E-state index is 0.608. The largest absolute Gasteiger partial charge is 0.492 e. The molecule has 84 valence electrons. The fourth-order valence-electron chi connectivity index (χ4n) is 1.17. The van der Waals surface area contributed by atoms with E-state index in [4.69, 9.17) is 10.5 Å². The number of nitrogen functional groups attached to an aromatic ring is 1. The van der Waals surface area contributed by atoms with Crippen LogP contribution >= 0.6 is 23.1 Å². The van der Waals surface area contributed by atoms with Crippen LogP contribution in [-0.2, 0) is 0 Å². The highest BCUT2D eigenvalue weighted by Crippen LogP contribution is 2.33. The van der Waals surface area contributed by atoms with Crippen molar-refractivity contribution in [2.24, 2.45) is 0 Å². The third kappa shape index (κ3) is 2.65. The lowest BCUT2D eigenvalue weighted by molar-refractivity contribution is 0.341. The second-order valence-corrected chi connectivity index (χ2v) is 5.09. The molecule has 1 aromatic carbocycles. The number of hydrogen-bond acceptors (Lipinski definition) is 6. The van der Waals surface area contributed by atoms with Crippen molar-refractivity contribution in [1.29, 1.82) is 0 Å². The van der Waals surface area contributed by atoms with Crippen molar-refractivity contribution in [1.82, 2.24) is 10.2 Å². The Morgan fingerprint density at radius 1 is 1.50 bits per heavy atom. The zero-order valence-electron chi connectivity index (χ0n) is 8.71. The molecule has 0 aliphatic heterocycles. The Labute approximate surface area is 102 Å². The van der Waals surface area contributed by atoms with Crippen LogP contribution in [0.15, 0.2) is 32.9 Å². The third-order valence-corrected chi connectivity index (χ3v) is 3.60. The third-order valence-electron chi connectivity index (χ3n) is 1.83. The van der Waals surface area contributed by atoms with Crippen molar-refractivity contribution in [2.45, 2.75) is 16.2 Å². The molecule has 6 heteroatoms. The van der Waals surface area contributed by atoms with Crippen LogP contribution in [-0.4, -0.2) is 16.8 Å². The Balaban J connectivity index is 2.19. The number of nitrogens with two attached hydrogens (primary N) is 1. The zero-order chi connectivity index (χ0) is 11.4. The second kappa shape index (κ2) is 5.18. The van der Waals surface area contributed by atoms with E-state index in [0.717, 1.165) is 15.0 Å². The molecule has 1 heterocycles. The zero-order valence-corrected chi connectivity index (χ0v) is 10.3. The molecule has 4 nitrogen and oxygen atoms in total. The van der Waals surface area contributed by atoms with Gasteiger partial charge in [-0.25, -0.2) is 0 Å². The minimum atomic E-state index is 0.608. The average Bonchev–Trinajstić information content (AvgIpc) is 2.76. The Bertz CT molecular complexity index is 459. The first-order valence-corrected chi connectivity index (χ1v) is 6.45. The predicted octanol–water partition coefficient (Wildman–Crippen LogP) is 2.67. The molecule has 1 aromatic heterocycles. The van der Waals surface area contributed by atoms with Crippen molar-refractivity contribution >= 4 is 28.8 Å². The topological polar surface area (TPSA) is 61.0 Å². The summed E-state index contributed by atoms with van der Waals surface area (Å²) >= 11 is 3.06. The van der Waals surface area contributed by atoms with Crippen molar-refractivity contribution < 1.29 is 4.74 Å². The van der Waals surface area contributed by atoms with E-state index in [2.05, 4.69) is 10.2 Å². The summed E-state index contributed by atoms with van der Waals surface area (Å²) in [6.07, 6.45) is 0. The minimum Gasteiger partial charge on any atom is -0.492 e. The molecule has 0 saturated carbocycles. The van der Waals surface area contributed by atoms with Crippen LogP contribution in [0.2, 0.25) is 0 Å². The van der Waals surface area contributed by atoms with Crippen molar-refractivity contribution in [3.63, 3.8) is 0 Å². The molecule has 0 aliphatic carbocycles. The SMILES string of the molecule is CCOc1cc(Sc2nncs2)ccc1N. The van der Waals surface area contributed by atoms with Gasteiger partial charge in [-0.1, -0.05) is 23.1 Å². The first-order valence-electron chi connectivity index (χ1n) is 4.76. The van der Waals surface area contributed by atoms with Gasteiger partial charge in [-0.05, 0) is 25.1 Å². The summed E-state index contributed by atoms with van der Waals surface area (Å²) in [7, 11) is 0. The Kier molecular flexibility index (Phi) is 3.63. The van der Waals surface area contributed by atoms with Gasteiger partial charge in [-0.15, -0.1) is 10.2 Å². The molecule has 0 saturated heterocycles. The first kappa shape index (κ1) is 11.2. The summed E-state index contributed by atoms with van der Waals surface area (Å²) in [5.41, 5.74) is 8.16. The molecule has 0 amide bonds. The van der Waals surface area contributed by atoms with Crippen LogP contribution < -0.4 is 10.5 Å². The molecule has 0 atom stereocenters. The number of nitrogens with zero attached hydrogens (tertiary/aromatic N) is 2. The van der Waals surface area contributed by atoms with E-state index < -0.39 is 0 Å². The van der Waals surface area contributed by atoms with Crippen LogP contribution in [0.4, 0.5) is 5.69 Å². The van der Waals surface area contributed by atoms with E-state index in [-0.39, 0.29) is 0 Å². The van der Waals surface area contributed by atoms with Crippen LogP contribution in [0.3, 0.4) is 0 Å². The highest BCUT2D eigenvalue weighted by Gasteiger charge is 2.05. The van der Waals surface area contributed by atoms with Crippen LogP contribution in [0, 0.1) is 0 Å². The normalized spacial score (nSPS) is 10.3. The lowest BCUT2D eigenvalue weighted by Gasteiger charge is -2.07. The number of anilines is 1. The second-order valence-electron chi connectivity index (χ2n) is 2.94. The molecular weight excluding hydrogens is 242 g/mol. The molecule has 16 heavy (non-hydrogen) atoms. The summed E-state index contributed by atoms with van der Waals surface area (Å²) in [5.74, 6) is 0.719. The van der Waals surface area contributed by atoms with Gasteiger partial charge in [0.05, 0.1) is 12.3 Å². The fraction of sp³-hybridized carbons (Fsp3) is 0.200. The Hall–Kier alpha value is -1.27. The van der Waals surface area contributed by atoms with Crippen molar-refractivity contribution in [3.8, 4) is 5.75 Å². The molecule has 0 aliphatic rings. The maximum Gasteiger partial charge on any atom is 0.178 e. The smallest absolute Gasteiger partial charge is 0.178 e. The van der Waals surface area contributed by atoms with Crippen molar-refractivity contribution in [3.05, 3.63) is 23.7 Å². The Morgan fingerprint density at radius 3 is 3.06 bits per heavy atom. The summed E-state index contributed by atoms with van der Waals surface area (Å²) in [6, 6.07) is 5.71.